The van der Waals surface area contributed by atoms with E-state index in [1.165, 1.54) is 11.8 Å². The van der Waals surface area contributed by atoms with Gasteiger partial charge >= 0.3 is 0 Å². The van der Waals surface area contributed by atoms with Crippen molar-refractivity contribution < 1.29 is 9.53 Å². The van der Waals surface area contributed by atoms with Crippen LogP contribution in [0.15, 0.2) is 58.5 Å². The summed E-state index contributed by atoms with van der Waals surface area (Å²) in [5.41, 5.74) is 1.25. The van der Waals surface area contributed by atoms with Crippen molar-refractivity contribution in [1.29, 1.82) is 0 Å². The van der Waals surface area contributed by atoms with Gasteiger partial charge in [-0.05, 0) is 57.0 Å². The number of morpholine rings is 1. The summed E-state index contributed by atoms with van der Waals surface area (Å²) in [4.78, 5) is 32.5. The molecule has 1 amide bonds. The Kier molecular flexibility index (Phi) is 7.73. The Morgan fingerprint density at radius 1 is 1.12 bits per heavy atom. The van der Waals surface area contributed by atoms with Crippen molar-refractivity contribution in [2.75, 3.05) is 18.8 Å². The number of nitrogens with zero attached hydrogens (tertiary/aromatic N) is 3. The summed E-state index contributed by atoms with van der Waals surface area (Å²) in [5, 5.41) is 1.76. The number of halogens is 1. The summed E-state index contributed by atoms with van der Waals surface area (Å²) in [7, 11) is 0. The molecule has 6 nitrogen and oxygen atoms in total. The van der Waals surface area contributed by atoms with E-state index < -0.39 is 0 Å². The maximum Gasteiger partial charge on any atom is 0.266 e. The average molecular weight is 486 g/mol. The van der Waals surface area contributed by atoms with Gasteiger partial charge in [-0.2, -0.15) is 0 Å². The number of hydrogen-bond acceptors (Lipinski definition) is 5. The number of hydrogen-bond donors (Lipinski definition) is 0. The molecule has 4 rings (SSSR count). The van der Waals surface area contributed by atoms with Crippen molar-refractivity contribution >= 4 is 40.2 Å². The first-order valence-electron chi connectivity index (χ1n) is 11.3. The second kappa shape index (κ2) is 10.7. The number of unbranched alkanes of at least 4 members (excludes halogenated alkanes) is 1. The van der Waals surface area contributed by atoms with Crippen LogP contribution in [-0.2, 0) is 9.53 Å². The lowest BCUT2D eigenvalue weighted by atomic mass is 10.2. The van der Waals surface area contributed by atoms with Crippen molar-refractivity contribution in [1.82, 2.24) is 14.5 Å². The number of thioether (sulfide) groups is 1. The Balaban J connectivity index is 1.43. The first-order chi connectivity index (χ1) is 15.9. The topological polar surface area (TPSA) is 64.4 Å². The molecule has 0 N–H and O–H groups in total. The number of ether oxygens (including phenoxy) is 1. The van der Waals surface area contributed by atoms with E-state index in [0.29, 0.717) is 46.3 Å². The molecule has 0 aliphatic carbocycles. The molecule has 33 heavy (non-hydrogen) atoms. The number of rotatable bonds is 7. The lowest BCUT2D eigenvalue weighted by Crippen LogP contribution is -2.48. The van der Waals surface area contributed by atoms with Gasteiger partial charge in [0.1, 0.15) is 0 Å². The second-order valence-electron chi connectivity index (χ2n) is 8.39. The van der Waals surface area contributed by atoms with E-state index in [-0.39, 0.29) is 23.7 Å². The third kappa shape index (κ3) is 5.78. The predicted octanol–water partition coefficient (Wildman–Crippen LogP) is 4.94. The van der Waals surface area contributed by atoms with Crippen molar-refractivity contribution in [3.8, 4) is 5.69 Å². The molecule has 1 aliphatic rings. The molecule has 2 heterocycles. The van der Waals surface area contributed by atoms with E-state index in [4.69, 9.17) is 21.3 Å². The van der Waals surface area contributed by atoms with Crippen LogP contribution in [0.5, 0.6) is 0 Å². The van der Waals surface area contributed by atoms with Crippen LogP contribution in [0.3, 0.4) is 0 Å². The normalized spacial score (nSPS) is 18.6. The highest BCUT2D eigenvalue weighted by molar-refractivity contribution is 7.99. The van der Waals surface area contributed by atoms with Crippen LogP contribution in [0.25, 0.3) is 16.6 Å². The van der Waals surface area contributed by atoms with Crippen molar-refractivity contribution in [2.45, 2.75) is 50.5 Å². The number of carbonyl (C=O) groups is 1. The molecule has 3 aromatic rings. The molecule has 1 saturated heterocycles. The minimum Gasteiger partial charge on any atom is -0.372 e. The van der Waals surface area contributed by atoms with Crippen molar-refractivity contribution in [2.24, 2.45) is 0 Å². The minimum absolute atomic E-state index is 0.0791. The predicted molar refractivity (Wildman–Crippen MR) is 134 cm³/mol. The highest BCUT2D eigenvalue weighted by Crippen LogP contribution is 2.24. The fraction of sp³-hybridized carbons (Fsp3) is 0.400. The van der Waals surface area contributed by atoms with E-state index in [1.54, 1.807) is 22.8 Å². The van der Waals surface area contributed by atoms with Gasteiger partial charge in [0.15, 0.2) is 5.16 Å². The van der Waals surface area contributed by atoms with Gasteiger partial charge in [0.2, 0.25) is 5.91 Å². The van der Waals surface area contributed by atoms with Crippen LogP contribution in [0.1, 0.15) is 33.1 Å². The Morgan fingerprint density at radius 2 is 1.88 bits per heavy atom. The van der Waals surface area contributed by atoms with Crippen molar-refractivity contribution in [3.63, 3.8) is 0 Å². The molecule has 1 aliphatic heterocycles. The Hall–Kier alpha value is -2.35. The zero-order valence-electron chi connectivity index (χ0n) is 18.9. The van der Waals surface area contributed by atoms with Gasteiger partial charge in [0, 0.05) is 30.3 Å². The fourth-order valence-electron chi connectivity index (χ4n) is 4.13. The highest BCUT2D eigenvalue weighted by Gasteiger charge is 2.25. The van der Waals surface area contributed by atoms with Gasteiger partial charge in [-0.25, -0.2) is 4.98 Å². The minimum atomic E-state index is -0.115. The number of carbonyl (C=O) groups excluding carboxylic acids is 1. The summed E-state index contributed by atoms with van der Waals surface area (Å²) in [6.07, 6.45) is 2.32. The number of benzene rings is 2. The Morgan fingerprint density at radius 3 is 2.64 bits per heavy atom. The smallest absolute Gasteiger partial charge is 0.266 e. The molecule has 174 valence electrons. The van der Waals surface area contributed by atoms with Crippen LogP contribution in [-0.4, -0.2) is 51.4 Å². The second-order valence-corrected chi connectivity index (χ2v) is 9.89. The first kappa shape index (κ1) is 23.8. The van der Waals surface area contributed by atoms with Gasteiger partial charge in [0.05, 0.1) is 28.8 Å². The molecule has 1 fully saturated rings. The molecule has 2 aromatic carbocycles. The quantitative estimate of drug-likeness (QED) is 0.269. The van der Waals surface area contributed by atoms with Gasteiger partial charge in [0.25, 0.3) is 5.56 Å². The van der Waals surface area contributed by atoms with Crippen LogP contribution in [0.2, 0.25) is 5.02 Å². The van der Waals surface area contributed by atoms with Crippen LogP contribution < -0.4 is 5.56 Å². The largest absolute Gasteiger partial charge is 0.372 e. The van der Waals surface area contributed by atoms with Gasteiger partial charge in [-0.1, -0.05) is 41.6 Å². The molecule has 8 heteroatoms. The van der Waals surface area contributed by atoms with Crippen molar-refractivity contribution in [3.05, 3.63) is 63.9 Å². The fourth-order valence-corrected chi connectivity index (χ4v) is 5.33. The lowest BCUT2D eigenvalue weighted by molar-refractivity contribution is -0.143. The molecule has 0 spiro atoms. The third-order valence-corrected chi connectivity index (χ3v) is 6.86. The number of amides is 1. The summed E-state index contributed by atoms with van der Waals surface area (Å²) >= 11 is 7.72. The summed E-state index contributed by atoms with van der Waals surface area (Å²) < 4.78 is 7.34. The monoisotopic (exact) mass is 485 g/mol. The van der Waals surface area contributed by atoms with Gasteiger partial charge in [-0.15, -0.1) is 0 Å². The molecule has 2 atom stereocenters. The average Bonchev–Trinajstić information content (AvgIpc) is 2.78. The SMILES string of the molecule is CC1CN(C(=O)CCCCSc2nc3ccccc3c(=O)n2-c2cccc(Cl)c2)CC(C)O1. The molecular formula is C25H28ClN3O3S. The number of para-hydroxylation sites is 1. The molecule has 0 bridgehead atoms. The summed E-state index contributed by atoms with van der Waals surface area (Å²) in [5.74, 6) is 0.941. The van der Waals surface area contributed by atoms with E-state index in [0.717, 1.165) is 18.6 Å². The van der Waals surface area contributed by atoms with E-state index in [1.807, 2.05) is 49.1 Å². The highest BCUT2D eigenvalue weighted by atomic mass is 35.5. The zero-order chi connectivity index (χ0) is 23.4. The van der Waals surface area contributed by atoms with Crippen LogP contribution >= 0.6 is 23.4 Å². The van der Waals surface area contributed by atoms with E-state index in [9.17, 15) is 9.59 Å². The van der Waals surface area contributed by atoms with Crippen LogP contribution in [0.4, 0.5) is 0 Å². The maximum absolute atomic E-state index is 13.3. The zero-order valence-corrected chi connectivity index (χ0v) is 20.4. The molecule has 0 saturated carbocycles. The van der Waals surface area contributed by atoms with E-state index in [2.05, 4.69) is 0 Å². The molecule has 1 aromatic heterocycles. The Bertz CT molecular complexity index is 1190. The van der Waals surface area contributed by atoms with E-state index >= 15 is 0 Å². The molecule has 2 unspecified atom stereocenters. The standard InChI is InChI=1S/C25H28ClN3O3S/c1-17-15-28(16-18(2)32-17)23(30)12-5-6-13-33-25-27-22-11-4-3-10-21(22)24(31)29(25)20-9-7-8-19(26)14-20/h3-4,7-11,14,17-18H,5-6,12-13,15-16H2,1-2H3. The summed E-state index contributed by atoms with van der Waals surface area (Å²) in [6, 6.07) is 14.6. The van der Waals surface area contributed by atoms with Gasteiger partial charge in [-0.3, -0.25) is 14.2 Å². The third-order valence-electron chi connectivity index (χ3n) is 5.60. The van der Waals surface area contributed by atoms with Gasteiger partial charge < -0.3 is 9.64 Å². The number of fused-ring (bicyclic) bond motifs is 1. The number of aromatic nitrogens is 2. The molecule has 0 radical (unpaired) electrons. The maximum atomic E-state index is 13.3. The Labute approximate surface area is 202 Å². The molecular weight excluding hydrogens is 458 g/mol. The van der Waals surface area contributed by atoms with Crippen LogP contribution in [0, 0.1) is 0 Å². The first-order valence-corrected chi connectivity index (χ1v) is 12.6. The summed E-state index contributed by atoms with van der Waals surface area (Å²) in [6.45, 7) is 5.32. The lowest BCUT2D eigenvalue weighted by Gasteiger charge is -2.35.